The van der Waals surface area contributed by atoms with Crippen LogP contribution >= 0.6 is 43.5 Å². The van der Waals surface area contributed by atoms with E-state index < -0.39 is 0 Å². The van der Waals surface area contributed by atoms with Gasteiger partial charge in [-0.15, -0.1) is 0 Å². The fraction of sp³-hybridized carbons (Fsp3) is 0.0667. The Morgan fingerprint density at radius 1 is 1.30 bits per heavy atom. The summed E-state index contributed by atoms with van der Waals surface area (Å²) < 4.78 is 6.08. The molecule has 8 heteroatoms. The Hall–Kier alpha value is -1.57. The highest BCUT2D eigenvalue weighted by atomic mass is 79.9. The Kier molecular flexibility index (Phi) is 6.04. The van der Waals surface area contributed by atoms with Crippen LogP contribution in [0.3, 0.4) is 0 Å². The number of nitrogens with one attached hydrogen (secondary N) is 1. The van der Waals surface area contributed by atoms with Crippen LogP contribution < -0.4 is 10.2 Å². The number of ether oxygens (including phenoxy) is 1. The lowest BCUT2D eigenvalue weighted by Gasteiger charge is -2.09. The molecule has 0 heterocycles. The molecular formula is C15H11Br2ClN2O3. The minimum absolute atomic E-state index is 0.0262. The molecule has 0 saturated carbocycles. The molecule has 1 amide bonds. The molecule has 0 unspecified atom stereocenters. The fourth-order valence-corrected chi connectivity index (χ4v) is 2.64. The topological polar surface area (TPSA) is 70.9 Å². The molecule has 5 nitrogen and oxygen atoms in total. The molecular weight excluding hydrogens is 451 g/mol. The van der Waals surface area contributed by atoms with Gasteiger partial charge in [0.1, 0.15) is 0 Å². The molecule has 0 atom stereocenters. The number of aromatic hydroxyl groups is 1. The third-order valence-corrected chi connectivity index (χ3v) is 5.28. The molecule has 0 radical (unpaired) electrons. The normalized spacial score (nSPS) is 10.8. The van der Waals surface area contributed by atoms with Gasteiger partial charge in [0, 0.05) is 20.6 Å². The van der Waals surface area contributed by atoms with Crippen molar-refractivity contribution in [3.63, 3.8) is 0 Å². The SMILES string of the molecule is COc1cc(/C=N/NC(=O)c2ccc(Cl)cc2)c(Br)c(Br)c1O. The molecule has 0 spiro atoms. The smallest absolute Gasteiger partial charge is 0.271 e. The molecule has 120 valence electrons. The zero-order chi connectivity index (χ0) is 17.0. The highest BCUT2D eigenvalue weighted by Crippen LogP contribution is 2.41. The predicted octanol–water partition coefficient (Wildman–Crippen LogP) is 4.34. The average molecular weight is 463 g/mol. The Labute approximate surface area is 154 Å². The highest BCUT2D eigenvalue weighted by molar-refractivity contribution is 9.13. The van der Waals surface area contributed by atoms with Crippen LogP contribution in [0.4, 0.5) is 0 Å². The molecule has 0 aliphatic heterocycles. The monoisotopic (exact) mass is 460 g/mol. The van der Waals surface area contributed by atoms with Crippen LogP contribution in [0.5, 0.6) is 11.5 Å². The summed E-state index contributed by atoms with van der Waals surface area (Å²) in [6, 6.07) is 8.03. The van der Waals surface area contributed by atoms with E-state index in [0.717, 1.165) is 0 Å². The maximum absolute atomic E-state index is 11.9. The van der Waals surface area contributed by atoms with E-state index in [1.54, 1.807) is 30.3 Å². The first-order valence-corrected chi connectivity index (χ1v) is 8.24. The molecule has 0 aliphatic rings. The summed E-state index contributed by atoms with van der Waals surface area (Å²) in [4.78, 5) is 11.9. The van der Waals surface area contributed by atoms with Crippen molar-refractivity contribution in [2.75, 3.05) is 7.11 Å². The third-order valence-electron chi connectivity index (χ3n) is 2.87. The second-order valence-electron chi connectivity index (χ2n) is 4.35. The summed E-state index contributed by atoms with van der Waals surface area (Å²) in [5, 5.41) is 14.3. The molecule has 0 bridgehead atoms. The van der Waals surface area contributed by atoms with Crippen molar-refractivity contribution in [1.29, 1.82) is 0 Å². The number of phenols is 1. The highest BCUT2D eigenvalue weighted by Gasteiger charge is 2.13. The number of rotatable bonds is 4. The van der Waals surface area contributed by atoms with Gasteiger partial charge in [0.2, 0.25) is 0 Å². The van der Waals surface area contributed by atoms with E-state index in [9.17, 15) is 9.90 Å². The van der Waals surface area contributed by atoms with E-state index in [0.29, 0.717) is 25.1 Å². The van der Waals surface area contributed by atoms with Gasteiger partial charge >= 0.3 is 0 Å². The van der Waals surface area contributed by atoms with Crippen LogP contribution in [-0.4, -0.2) is 24.3 Å². The molecule has 23 heavy (non-hydrogen) atoms. The first-order chi connectivity index (χ1) is 10.9. The number of phenolic OH excluding ortho intramolecular Hbond substituents is 1. The largest absolute Gasteiger partial charge is 0.503 e. The summed E-state index contributed by atoms with van der Waals surface area (Å²) in [5.41, 5.74) is 3.47. The Bertz CT molecular complexity index is 764. The summed E-state index contributed by atoms with van der Waals surface area (Å²) in [6.45, 7) is 0. The lowest BCUT2D eigenvalue weighted by molar-refractivity contribution is 0.0955. The van der Waals surface area contributed by atoms with Gasteiger partial charge in [-0.05, 0) is 62.2 Å². The van der Waals surface area contributed by atoms with Crippen molar-refractivity contribution in [1.82, 2.24) is 5.43 Å². The molecule has 0 aliphatic carbocycles. The van der Waals surface area contributed by atoms with Gasteiger partial charge in [0.15, 0.2) is 11.5 Å². The van der Waals surface area contributed by atoms with Crippen molar-refractivity contribution in [3.05, 3.63) is 55.4 Å². The van der Waals surface area contributed by atoms with E-state index >= 15 is 0 Å². The number of hydrogen-bond acceptors (Lipinski definition) is 4. The number of methoxy groups -OCH3 is 1. The van der Waals surface area contributed by atoms with Crippen molar-refractivity contribution in [2.45, 2.75) is 0 Å². The van der Waals surface area contributed by atoms with Crippen molar-refractivity contribution in [2.24, 2.45) is 5.10 Å². The van der Waals surface area contributed by atoms with Gasteiger partial charge < -0.3 is 9.84 Å². The molecule has 2 N–H and O–H groups in total. The number of hydrogen-bond donors (Lipinski definition) is 2. The zero-order valence-corrected chi connectivity index (χ0v) is 15.7. The number of halogens is 3. The minimum Gasteiger partial charge on any atom is -0.503 e. The standard InChI is InChI=1S/C15H11Br2ClN2O3/c1-23-11-6-9(12(16)13(17)14(11)21)7-19-20-15(22)8-2-4-10(18)5-3-8/h2-7,21H,1H3,(H,20,22)/b19-7+. The van der Waals surface area contributed by atoms with Crippen LogP contribution in [0.1, 0.15) is 15.9 Å². The van der Waals surface area contributed by atoms with Crippen LogP contribution in [0.2, 0.25) is 5.02 Å². The van der Waals surface area contributed by atoms with Crippen molar-refractivity contribution < 1.29 is 14.6 Å². The maximum Gasteiger partial charge on any atom is 0.271 e. The Balaban J connectivity index is 2.16. The number of hydrazone groups is 1. The first-order valence-electron chi connectivity index (χ1n) is 6.28. The van der Waals surface area contributed by atoms with Crippen LogP contribution in [0, 0.1) is 0 Å². The van der Waals surface area contributed by atoms with Gasteiger partial charge in [-0.2, -0.15) is 5.10 Å². The Morgan fingerprint density at radius 2 is 1.96 bits per heavy atom. The van der Waals surface area contributed by atoms with Gasteiger partial charge in [0.25, 0.3) is 5.91 Å². The van der Waals surface area contributed by atoms with E-state index in [1.807, 2.05) is 0 Å². The lowest BCUT2D eigenvalue weighted by Crippen LogP contribution is -2.17. The van der Waals surface area contributed by atoms with E-state index in [-0.39, 0.29) is 17.4 Å². The van der Waals surface area contributed by atoms with E-state index in [2.05, 4.69) is 42.4 Å². The van der Waals surface area contributed by atoms with Gasteiger partial charge in [-0.25, -0.2) is 5.43 Å². The maximum atomic E-state index is 11.9. The molecule has 2 aromatic carbocycles. The molecule has 2 rings (SSSR count). The lowest BCUT2D eigenvalue weighted by atomic mass is 10.2. The Morgan fingerprint density at radius 3 is 2.57 bits per heavy atom. The fourth-order valence-electron chi connectivity index (χ4n) is 1.69. The quantitative estimate of drug-likeness (QED) is 0.525. The van der Waals surface area contributed by atoms with Crippen molar-refractivity contribution >= 4 is 55.6 Å². The third kappa shape index (κ3) is 4.25. The summed E-state index contributed by atoms with van der Waals surface area (Å²) >= 11 is 12.4. The second kappa shape index (κ2) is 7.81. The second-order valence-corrected chi connectivity index (χ2v) is 6.37. The first kappa shape index (κ1) is 17.8. The number of benzene rings is 2. The van der Waals surface area contributed by atoms with Gasteiger partial charge in [0.05, 0.1) is 17.8 Å². The average Bonchev–Trinajstić information content (AvgIpc) is 2.55. The number of carbonyl (C=O) groups excluding carboxylic acids is 1. The molecule has 2 aromatic rings. The summed E-state index contributed by atoms with van der Waals surface area (Å²) in [6.07, 6.45) is 1.44. The number of nitrogens with zero attached hydrogens (tertiary/aromatic N) is 1. The van der Waals surface area contributed by atoms with Gasteiger partial charge in [-0.3, -0.25) is 4.79 Å². The molecule has 0 aromatic heterocycles. The van der Waals surface area contributed by atoms with E-state index in [4.69, 9.17) is 16.3 Å². The van der Waals surface area contributed by atoms with Crippen molar-refractivity contribution in [3.8, 4) is 11.5 Å². The predicted molar refractivity (Wildman–Crippen MR) is 96.6 cm³/mol. The number of amides is 1. The summed E-state index contributed by atoms with van der Waals surface area (Å²) in [7, 11) is 1.44. The molecule has 0 fully saturated rings. The zero-order valence-electron chi connectivity index (χ0n) is 11.8. The van der Waals surface area contributed by atoms with E-state index in [1.165, 1.54) is 13.3 Å². The van der Waals surface area contributed by atoms with Crippen LogP contribution in [-0.2, 0) is 0 Å². The van der Waals surface area contributed by atoms with Crippen LogP contribution in [0.25, 0.3) is 0 Å². The van der Waals surface area contributed by atoms with Crippen LogP contribution in [0.15, 0.2) is 44.4 Å². The summed E-state index contributed by atoms with van der Waals surface area (Å²) in [5.74, 6) is -0.105. The molecule has 0 saturated heterocycles. The minimum atomic E-state index is -0.362. The van der Waals surface area contributed by atoms with Gasteiger partial charge in [-0.1, -0.05) is 11.6 Å². The number of carbonyl (C=O) groups is 1.